The van der Waals surface area contributed by atoms with Crippen molar-refractivity contribution in [1.29, 1.82) is 0 Å². The monoisotopic (exact) mass is 284 g/mol. The summed E-state index contributed by atoms with van der Waals surface area (Å²) in [5, 5.41) is 3.49. The SMILES string of the molecule is CCCNC(CCCS(C)(=O)=O)c1ccncc1C. The van der Waals surface area contributed by atoms with Gasteiger partial charge in [-0.05, 0) is 49.9 Å². The predicted molar refractivity (Wildman–Crippen MR) is 79.0 cm³/mol. The van der Waals surface area contributed by atoms with Gasteiger partial charge < -0.3 is 5.32 Å². The fraction of sp³-hybridized carbons (Fsp3) is 0.643. The molecule has 0 radical (unpaired) electrons. The first kappa shape index (κ1) is 16.1. The fourth-order valence-electron chi connectivity index (χ4n) is 2.11. The second-order valence-electron chi connectivity index (χ2n) is 5.01. The first-order chi connectivity index (χ1) is 8.94. The predicted octanol–water partition coefficient (Wildman–Crippen LogP) is 2.26. The van der Waals surface area contributed by atoms with Crippen LogP contribution in [0, 0.1) is 6.92 Å². The second kappa shape index (κ2) is 7.60. The summed E-state index contributed by atoms with van der Waals surface area (Å²) in [7, 11) is -2.87. The molecule has 0 fully saturated rings. The molecule has 5 heteroatoms. The van der Waals surface area contributed by atoms with Crippen molar-refractivity contribution in [3.8, 4) is 0 Å². The molecule has 1 N–H and O–H groups in total. The van der Waals surface area contributed by atoms with E-state index in [0.29, 0.717) is 6.42 Å². The summed E-state index contributed by atoms with van der Waals surface area (Å²) < 4.78 is 22.4. The van der Waals surface area contributed by atoms with E-state index in [2.05, 4.69) is 17.2 Å². The number of aryl methyl sites for hydroxylation is 1. The van der Waals surface area contributed by atoms with Crippen molar-refractivity contribution in [1.82, 2.24) is 10.3 Å². The Morgan fingerprint density at radius 2 is 2.16 bits per heavy atom. The van der Waals surface area contributed by atoms with Crippen molar-refractivity contribution in [2.24, 2.45) is 0 Å². The van der Waals surface area contributed by atoms with Crippen molar-refractivity contribution < 1.29 is 8.42 Å². The summed E-state index contributed by atoms with van der Waals surface area (Å²) in [5.74, 6) is 0.251. The van der Waals surface area contributed by atoms with Gasteiger partial charge in [-0.2, -0.15) is 0 Å². The van der Waals surface area contributed by atoms with Crippen molar-refractivity contribution in [3.63, 3.8) is 0 Å². The van der Waals surface area contributed by atoms with E-state index < -0.39 is 9.84 Å². The highest BCUT2D eigenvalue weighted by Crippen LogP contribution is 2.21. The zero-order valence-corrected chi connectivity index (χ0v) is 12.8. The minimum Gasteiger partial charge on any atom is -0.310 e. The lowest BCUT2D eigenvalue weighted by atomic mass is 9.99. The standard InChI is InChI=1S/C14H24N2O2S/c1-4-8-16-14(6-5-10-19(3,17)18)13-7-9-15-11-12(13)2/h7,9,11,14,16H,4-6,8,10H2,1-3H3. The molecule has 0 aliphatic heterocycles. The molecule has 1 aromatic rings. The van der Waals surface area contributed by atoms with E-state index in [9.17, 15) is 8.42 Å². The van der Waals surface area contributed by atoms with Crippen LogP contribution in [0.3, 0.4) is 0 Å². The molecule has 0 aliphatic rings. The van der Waals surface area contributed by atoms with Gasteiger partial charge in [0.05, 0.1) is 0 Å². The molecule has 1 atom stereocenters. The van der Waals surface area contributed by atoms with Crippen LogP contribution in [0.15, 0.2) is 18.5 Å². The zero-order valence-electron chi connectivity index (χ0n) is 12.0. The molecule has 0 aromatic carbocycles. The van der Waals surface area contributed by atoms with Gasteiger partial charge in [0, 0.05) is 30.4 Å². The summed E-state index contributed by atoms with van der Waals surface area (Å²) in [4.78, 5) is 4.10. The number of nitrogens with zero attached hydrogens (tertiary/aromatic N) is 1. The summed E-state index contributed by atoms with van der Waals surface area (Å²) in [5.41, 5.74) is 2.37. The van der Waals surface area contributed by atoms with Gasteiger partial charge in [0.25, 0.3) is 0 Å². The molecule has 0 aliphatic carbocycles. The van der Waals surface area contributed by atoms with Gasteiger partial charge in [0.1, 0.15) is 9.84 Å². The van der Waals surface area contributed by atoms with Gasteiger partial charge in [-0.25, -0.2) is 8.42 Å². The van der Waals surface area contributed by atoms with Crippen LogP contribution in [-0.2, 0) is 9.84 Å². The van der Waals surface area contributed by atoms with E-state index in [0.717, 1.165) is 24.9 Å². The van der Waals surface area contributed by atoms with Crippen LogP contribution in [-0.4, -0.2) is 32.0 Å². The molecule has 19 heavy (non-hydrogen) atoms. The molecule has 1 rings (SSSR count). The van der Waals surface area contributed by atoms with Crippen molar-refractivity contribution in [3.05, 3.63) is 29.6 Å². The Morgan fingerprint density at radius 1 is 1.42 bits per heavy atom. The Bertz CT molecular complexity index is 486. The van der Waals surface area contributed by atoms with Crippen molar-refractivity contribution in [2.45, 2.75) is 39.2 Å². The van der Waals surface area contributed by atoms with Gasteiger partial charge in [-0.15, -0.1) is 0 Å². The molecular weight excluding hydrogens is 260 g/mol. The molecule has 0 bridgehead atoms. The number of pyridine rings is 1. The highest BCUT2D eigenvalue weighted by molar-refractivity contribution is 7.90. The Labute approximate surface area is 116 Å². The smallest absolute Gasteiger partial charge is 0.147 e. The lowest BCUT2D eigenvalue weighted by molar-refractivity contribution is 0.490. The normalized spacial score (nSPS) is 13.4. The van der Waals surface area contributed by atoms with E-state index >= 15 is 0 Å². The topological polar surface area (TPSA) is 59.1 Å². The number of hydrogen-bond donors (Lipinski definition) is 1. The molecule has 0 saturated heterocycles. The van der Waals surface area contributed by atoms with Gasteiger partial charge in [0.2, 0.25) is 0 Å². The van der Waals surface area contributed by atoms with Gasteiger partial charge in [0.15, 0.2) is 0 Å². The first-order valence-corrected chi connectivity index (χ1v) is 8.81. The number of sulfone groups is 1. The fourth-order valence-corrected chi connectivity index (χ4v) is 2.80. The summed E-state index contributed by atoms with van der Waals surface area (Å²) >= 11 is 0. The first-order valence-electron chi connectivity index (χ1n) is 6.75. The summed E-state index contributed by atoms with van der Waals surface area (Å²) in [6.07, 6.45) is 7.51. The van der Waals surface area contributed by atoms with E-state index in [-0.39, 0.29) is 11.8 Å². The van der Waals surface area contributed by atoms with Crippen LogP contribution in [0.4, 0.5) is 0 Å². The molecule has 1 unspecified atom stereocenters. The highest BCUT2D eigenvalue weighted by Gasteiger charge is 2.14. The molecule has 108 valence electrons. The Morgan fingerprint density at radius 3 is 2.74 bits per heavy atom. The van der Waals surface area contributed by atoms with Gasteiger partial charge in [-0.1, -0.05) is 6.92 Å². The highest BCUT2D eigenvalue weighted by atomic mass is 32.2. The number of rotatable bonds is 8. The lowest BCUT2D eigenvalue weighted by Gasteiger charge is -2.20. The molecule has 1 aromatic heterocycles. The van der Waals surface area contributed by atoms with E-state index in [1.807, 2.05) is 19.2 Å². The molecule has 0 spiro atoms. The van der Waals surface area contributed by atoms with Gasteiger partial charge >= 0.3 is 0 Å². The summed E-state index contributed by atoms with van der Waals surface area (Å²) in [6, 6.07) is 2.23. The number of hydrogen-bond acceptors (Lipinski definition) is 4. The third kappa shape index (κ3) is 6.16. The maximum absolute atomic E-state index is 11.2. The van der Waals surface area contributed by atoms with E-state index in [4.69, 9.17) is 0 Å². The Kier molecular flexibility index (Phi) is 6.45. The van der Waals surface area contributed by atoms with Crippen LogP contribution < -0.4 is 5.32 Å². The Balaban J connectivity index is 2.69. The van der Waals surface area contributed by atoms with Crippen LogP contribution in [0.1, 0.15) is 43.4 Å². The maximum Gasteiger partial charge on any atom is 0.147 e. The minimum absolute atomic E-state index is 0.213. The van der Waals surface area contributed by atoms with Crippen LogP contribution >= 0.6 is 0 Å². The maximum atomic E-state index is 11.2. The molecule has 4 nitrogen and oxygen atoms in total. The van der Waals surface area contributed by atoms with Crippen molar-refractivity contribution >= 4 is 9.84 Å². The minimum atomic E-state index is -2.87. The van der Waals surface area contributed by atoms with Crippen molar-refractivity contribution in [2.75, 3.05) is 18.6 Å². The van der Waals surface area contributed by atoms with E-state index in [1.54, 1.807) is 6.20 Å². The molecular formula is C14H24N2O2S. The molecule has 0 amide bonds. The second-order valence-corrected chi connectivity index (χ2v) is 7.27. The third-order valence-corrected chi connectivity index (χ3v) is 4.12. The largest absolute Gasteiger partial charge is 0.310 e. The average Bonchev–Trinajstić information content (AvgIpc) is 2.33. The molecule has 0 saturated carbocycles. The number of nitrogens with one attached hydrogen (secondary N) is 1. The quantitative estimate of drug-likeness (QED) is 0.795. The van der Waals surface area contributed by atoms with Crippen LogP contribution in [0.2, 0.25) is 0 Å². The summed E-state index contributed by atoms with van der Waals surface area (Å²) in [6.45, 7) is 5.10. The Hall–Kier alpha value is -0.940. The number of aromatic nitrogens is 1. The van der Waals surface area contributed by atoms with Crippen LogP contribution in [0.5, 0.6) is 0 Å². The average molecular weight is 284 g/mol. The van der Waals surface area contributed by atoms with Crippen LogP contribution in [0.25, 0.3) is 0 Å². The lowest BCUT2D eigenvalue weighted by Crippen LogP contribution is -2.23. The third-order valence-electron chi connectivity index (χ3n) is 3.09. The van der Waals surface area contributed by atoms with Gasteiger partial charge in [-0.3, -0.25) is 4.98 Å². The zero-order chi connectivity index (χ0) is 14.3. The van der Waals surface area contributed by atoms with E-state index in [1.165, 1.54) is 11.8 Å². The molecule has 1 heterocycles.